The molecule has 1 aromatic carbocycles. The highest BCUT2D eigenvalue weighted by Crippen LogP contribution is 2.41. The van der Waals surface area contributed by atoms with Crippen molar-refractivity contribution in [1.29, 1.82) is 0 Å². The molecule has 1 aromatic rings. The second kappa shape index (κ2) is 5.16. The van der Waals surface area contributed by atoms with Gasteiger partial charge >= 0.3 is 0 Å². The number of rotatable bonds is 2. The summed E-state index contributed by atoms with van der Waals surface area (Å²) in [6, 6.07) is 4.20. The van der Waals surface area contributed by atoms with Crippen molar-refractivity contribution in [2.24, 2.45) is 0 Å². The number of benzene rings is 1. The lowest BCUT2D eigenvalue weighted by atomic mass is 9.79. The van der Waals surface area contributed by atoms with Gasteiger partial charge in [-0.3, -0.25) is 0 Å². The maximum Gasteiger partial charge on any atom is 0.123 e. The Morgan fingerprint density at radius 1 is 1.00 bits per heavy atom. The van der Waals surface area contributed by atoms with Gasteiger partial charge in [0.05, 0.1) is 0 Å². The molecule has 0 aliphatic carbocycles. The number of phenols is 1. The van der Waals surface area contributed by atoms with Gasteiger partial charge in [-0.2, -0.15) is 0 Å². The Morgan fingerprint density at radius 3 is 1.67 bits per heavy atom. The normalized spacial score (nSPS) is 12.8. The second-order valence-electron chi connectivity index (χ2n) is 6.72. The summed E-state index contributed by atoms with van der Waals surface area (Å²) in [5.41, 5.74) is 1.93. The van der Waals surface area contributed by atoms with Crippen molar-refractivity contribution in [3.8, 4) is 5.75 Å². The average molecular weight is 265 g/mol. The summed E-state index contributed by atoms with van der Waals surface area (Å²) < 4.78 is 0. The van der Waals surface area contributed by atoms with Crippen LogP contribution < -0.4 is 0 Å². The first kappa shape index (κ1) is 15.4. The van der Waals surface area contributed by atoms with E-state index < -0.39 is 0 Å². The Labute approximate surface area is 116 Å². The molecule has 0 saturated heterocycles. The highest BCUT2D eigenvalue weighted by atomic mass is 32.2. The van der Waals surface area contributed by atoms with Crippen molar-refractivity contribution < 1.29 is 5.11 Å². The number of thioether (sulfide) groups is 1. The minimum Gasteiger partial charge on any atom is -0.507 e. The SMILES string of the molecule is [CH2]CSc1cc(C(C)(C)C)c(O)c(C(C)(C)C)c1. The predicted octanol–water partition coefficient (Wildman–Crippen LogP) is 4.91. The van der Waals surface area contributed by atoms with Gasteiger partial charge in [-0.15, -0.1) is 11.8 Å². The molecule has 0 aliphatic heterocycles. The van der Waals surface area contributed by atoms with Crippen LogP contribution in [-0.2, 0) is 10.8 Å². The largest absolute Gasteiger partial charge is 0.507 e. The summed E-state index contributed by atoms with van der Waals surface area (Å²) >= 11 is 1.72. The molecule has 0 atom stereocenters. The highest BCUT2D eigenvalue weighted by molar-refractivity contribution is 7.99. The molecule has 0 aromatic heterocycles. The molecule has 2 heteroatoms. The van der Waals surface area contributed by atoms with E-state index in [0.717, 1.165) is 16.9 Å². The van der Waals surface area contributed by atoms with Crippen LogP contribution in [0.5, 0.6) is 5.75 Å². The van der Waals surface area contributed by atoms with Crippen LogP contribution in [-0.4, -0.2) is 10.9 Å². The van der Waals surface area contributed by atoms with E-state index in [1.807, 2.05) is 0 Å². The lowest BCUT2D eigenvalue weighted by Crippen LogP contribution is -2.17. The minimum atomic E-state index is -0.0537. The van der Waals surface area contributed by atoms with E-state index in [1.165, 1.54) is 4.90 Å². The van der Waals surface area contributed by atoms with Gasteiger partial charge in [-0.05, 0) is 35.6 Å². The summed E-state index contributed by atoms with van der Waals surface area (Å²) in [5, 5.41) is 10.5. The van der Waals surface area contributed by atoms with E-state index in [4.69, 9.17) is 0 Å². The molecule has 0 bridgehead atoms. The van der Waals surface area contributed by atoms with E-state index in [2.05, 4.69) is 60.6 Å². The first-order valence-corrected chi connectivity index (χ1v) is 7.36. The highest BCUT2D eigenvalue weighted by Gasteiger charge is 2.26. The summed E-state index contributed by atoms with van der Waals surface area (Å²) in [6.07, 6.45) is 0. The van der Waals surface area contributed by atoms with Gasteiger partial charge in [-0.1, -0.05) is 41.5 Å². The van der Waals surface area contributed by atoms with Crippen LogP contribution in [0.15, 0.2) is 17.0 Å². The molecule has 0 heterocycles. The number of aromatic hydroxyl groups is 1. The zero-order chi connectivity index (χ0) is 14.1. The van der Waals surface area contributed by atoms with Crippen molar-refractivity contribution in [3.05, 3.63) is 30.2 Å². The molecule has 1 N–H and O–H groups in total. The molecule has 0 amide bonds. The van der Waals surface area contributed by atoms with Gasteiger partial charge in [0.15, 0.2) is 0 Å². The topological polar surface area (TPSA) is 20.2 Å². The van der Waals surface area contributed by atoms with Crippen molar-refractivity contribution in [2.45, 2.75) is 57.3 Å². The van der Waals surface area contributed by atoms with E-state index in [-0.39, 0.29) is 10.8 Å². The molecule has 0 fully saturated rings. The number of hydrogen-bond donors (Lipinski definition) is 1. The van der Waals surface area contributed by atoms with Gasteiger partial charge in [0.1, 0.15) is 5.75 Å². The molecular weight excluding hydrogens is 240 g/mol. The smallest absolute Gasteiger partial charge is 0.123 e. The van der Waals surface area contributed by atoms with Crippen LogP contribution in [0.4, 0.5) is 0 Å². The molecular formula is C16H25OS. The van der Waals surface area contributed by atoms with Gasteiger partial charge in [-0.25, -0.2) is 0 Å². The van der Waals surface area contributed by atoms with Crippen LogP contribution in [0.3, 0.4) is 0 Å². The molecule has 0 saturated carbocycles. The van der Waals surface area contributed by atoms with Crippen molar-refractivity contribution in [1.82, 2.24) is 0 Å². The molecule has 0 unspecified atom stereocenters. The first-order chi connectivity index (χ1) is 8.07. The molecule has 101 valence electrons. The Morgan fingerprint density at radius 2 is 1.39 bits per heavy atom. The monoisotopic (exact) mass is 265 g/mol. The van der Waals surface area contributed by atoms with Gasteiger partial charge in [0, 0.05) is 16.0 Å². The lowest BCUT2D eigenvalue weighted by Gasteiger charge is -2.28. The quantitative estimate of drug-likeness (QED) is 0.766. The maximum absolute atomic E-state index is 10.5. The standard InChI is InChI=1S/C16H25OS/c1-8-18-11-9-12(15(2,3)4)14(17)13(10-11)16(5,6)7/h9-10,17H,1,8H2,2-7H3. The van der Waals surface area contributed by atoms with Gasteiger partial charge in [0.2, 0.25) is 0 Å². The molecule has 1 radical (unpaired) electrons. The van der Waals surface area contributed by atoms with Crippen LogP contribution in [0.2, 0.25) is 0 Å². The fourth-order valence-corrected chi connectivity index (χ4v) is 2.59. The lowest BCUT2D eigenvalue weighted by molar-refractivity contribution is 0.422. The maximum atomic E-state index is 10.5. The van der Waals surface area contributed by atoms with Crippen LogP contribution in [0, 0.1) is 6.92 Å². The van der Waals surface area contributed by atoms with E-state index in [1.54, 1.807) is 11.8 Å². The van der Waals surface area contributed by atoms with E-state index in [0.29, 0.717) is 5.75 Å². The average Bonchev–Trinajstić information content (AvgIpc) is 2.17. The van der Waals surface area contributed by atoms with Crippen LogP contribution in [0.25, 0.3) is 0 Å². The van der Waals surface area contributed by atoms with E-state index >= 15 is 0 Å². The molecule has 0 aliphatic rings. The zero-order valence-electron chi connectivity index (χ0n) is 12.4. The van der Waals surface area contributed by atoms with Gasteiger partial charge < -0.3 is 5.11 Å². The van der Waals surface area contributed by atoms with Crippen LogP contribution >= 0.6 is 11.8 Å². The fourth-order valence-electron chi connectivity index (χ4n) is 1.95. The zero-order valence-corrected chi connectivity index (χ0v) is 13.2. The summed E-state index contributed by atoms with van der Waals surface area (Å²) in [6.45, 7) is 16.7. The molecule has 1 rings (SSSR count). The Hall–Kier alpha value is -0.630. The Kier molecular flexibility index (Phi) is 4.42. The summed E-state index contributed by atoms with van der Waals surface area (Å²) in [4.78, 5) is 1.19. The predicted molar refractivity (Wildman–Crippen MR) is 81.6 cm³/mol. The van der Waals surface area contributed by atoms with Crippen molar-refractivity contribution in [3.63, 3.8) is 0 Å². The second-order valence-corrected chi connectivity index (χ2v) is 7.88. The summed E-state index contributed by atoms with van der Waals surface area (Å²) in [5.74, 6) is 1.25. The third-order valence-electron chi connectivity index (χ3n) is 2.97. The Bertz CT molecular complexity index is 387. The number of hydrogen-bond acceptors (Lipinski definition) is 2. The number of phenolic OH excluding ortho intramolecular Hbond substituents is 1. The fraction of sp³-hybridized carbons (Fsp3) is 0.562. The minimum absolute atomic E-state index is 0.0537. The van der Waals surface area contributed by atoms with Crippen molar-refractivity contribution >= 4 is 11.8 Å². The van der Waals surface area contributed by atoms with Crippen LogP contribution in [0.1, 0.15) is 52.7 Å². The first-order valence-electron chi connectivity index (χ1n) is 6.37. The molecule has 1 nitrogen and oxygen atoms in total. The van der Waals surface area contributed by atoms with Gasteiger partial charge in [0.25, 0.3) is 0 Å². The Balaban J connectivity index is 3.48. The molecule has 0 spiro atoms. The third-order valence-corrected chi connectivity index (χ3v) is 3.74. The van der Waals surface area contributed by atoms with E-state index in [9.17, 15) is 5.11 Å². The molecule has 18 heavy (non-hydrogen) atoms. The third kappa shape index (κ3) is 3.44. The summed E-state index contributed by atoms with van der Waals surface area (Å²) in [7, 11) is 0. The van der Waals surface area contributed by atoms with Crippen molar-refractivity contribution in [2.75, 3.05) is 5.75 Å².